The minimum atomic E-state index is -4.39. The van der Waals surface area contributed by atoms with Crippen LogP contribution in [0.25, 0.3) is 0 Å². The Kier molecular flexibility index (Phi) is 3.15. The maximum Gasteiger partial charge on any atom is 0.411 e. The molecule has 0 spiro atoms. The molecule has 1 aliphatic carbocycles. The smallest absolute Gasteiger partial charge is 0.306 e. The van der Waals surface area contributed by atoms with Crippen LogP contribution in [0.2, 0.25) is 0 Å². The first-order valence-electron chi connectivity index (χ1n) is 6.97. The molecule has 116 valence electrons. The average molecular weight is 318 g/mol. The van der Waals surface area contributed by atoms with Gasteiger partial charge in [-0.3, -0.25) is 10.1 Å². The number of nitrogens with zero attached hydrogens (tertiary/aromatic N) is 1. The first kappa shape index (κ1) is 14.8. The first-order valence-corrected chi connectivity index (χ1v) is 7.85. The zero-order valence-corrected chi connectivity index (χ0v) is 12.6. The van der Waals surface area contributed by atoms with Crippen molar-refractivity contribution < 1.29 is 18.0 Å². The summed E-state index contributed by atoms with van der Waals surface area (Å²) in [7, 11) is 0. The average Bonchev–Trinajstić information content (AvgIpc) is 2.95. The summed E-state index contributed by atoms with van der Waals surface area (Å²) in [6.07, 6.45) is -4.64. The monoisotopic (exact) mass is 318 g/mol. The van der Waals surface area contributed by atoms with Gasteiger partial charge in [-0.1, -0.05) is 13.0 Å². The molecule has 1 saturated heterocycles. The van der Waals surface area contributed by atoms with E-state index in [1.807, 2.05) is 12.3 Å². The van der Waals surface area contributed by atoms with Gasteiger partial charge in [0.25, 0.3) is 0 Å². The summed E-state index contributed by atoms with van der Waals surface area (Å²) in [6.45, 7) is 3.50. The minimum Gasteiger partial charge on any atom is -0.306 e. The molecule has 3 rings (SSSR count). The molecular weight excluding hydrogens is 301 g/mol. The van der Waals surface area contributed by atoms with E-state index in [0.29, 0.717) is 6.42 Å². The van der Waals surface area contributed by atoms with Crippen LogP contribution in [-0.2, 0) is 4.79 Å². The van der Waals surface area contributed by atoms with Crippen molar-refractivity contribution in [2.45, 2.75) is 56.5 Å². The largest absolute Gasteiger partial charge is 0.411 e. The highest BCUT2D eigenvalue weighted by Gasteiger charge is 2.72. The quantitative estimate of drug-likeness (QED) is 0.926. The van der Waals surface area contributed by atoms with Crippen molar-refractivity contribution in [1.29, 1.82) is 0 Å². The van der Waals surface area contributed by atoms with E-state index in [1.165, 1.54) is 11.3 Å². The number of rotatable bonds is 3. The number of nitrogens with one attached hydrogen (secondary N) is 1. The molecule has 2 unspecified atom stereocenters. The van der Waals surface area contributed by atoms with Crippen LogP contribution in [0.15, 0.2) is 17.5 Å². The first-order chi connectivity index (χ1) is 9.75. The summed E-state index contributed by atoms with van der Waals surface area (Å²) in [5.74, 6) is -0.446. The van der Waals surface area contributed by atoms with E-state index < -0.39 is 29.3 Å². The Balaban J connectivity index is 2.05. The molecule has 0 bridgehead atoms. The summed E-state index contributed by atoms with van der Waals surface area (Å²) in [6, 6.07) is 3.57. The van der Waals surface area contributed by atoms with E-state index in [9.17, 15) is 18.0 Å². The number of halogens is 3. The van der Waals surface area contributed by atoms with Crippen molar-refractivity contribution in [2.24, 2.45) is 0 Å². The molecule has 2 fully saturated rings. The van der Waals surface area contributed by atoms with E-state index >= 15 is 0 Å². The Morgan fingerprint density at radius 2 is 2.14 bits per heavy atom. The topological polar surface area (TPSA) is 32.3 Å². The van der Waals surface area contributed by atoms with Crippen molar-refractivity contribution in [3.8, 4) is 0 Å². The minimum absolute atomic E-state index is 0.00834. The van der Waals surface area contributed by atoms with Gasteiger partial charge in [0.15, 0.2) is 0 Å². The number of hydrogen-bond acceptors (Lipinski definition) is 3. The summed E-state index contributed by atoms with van der Waals surface area (Å²) >= 11 is 1.37. The lowest BCUT2D eigenvalue weighted by molar-refractivity contribution is -0.203. The molecule has 2 aliphatic rings. The Morgan fingerprint density at radius 3 is 2.57 bits per heavy atom. The van der Waals surface area contributed by atoms with Gasteiger partial charge < -0.3 is 4.90 Å². The Labute approximate surface area is 125 Å². The number of alkyl halides is 3. The van der Waals surface area contributed by atoms with Gasteiger partial charge in [0.2, 0.25) is 5.91 Å². The molecule has 2 atom stereocenters. The van der Waals surface area contributed by atoms with Gasteiger partial charge in [-0.25, -0.2) is 0 Å². The molecule has 1 saturated carbocycles. The van der Waals surface area contributed by atoms with Crippen LogP contribution in [-0.4, -0.2) is 28.1 Å². The fourth-order valence-corrected chi connectivity index (χ4v) is 3.70. The lowest BCUT2D eigenvalue weighted by Crippen LogP contribution is -2.52. The van der Waals surface area contributed by atoms with Crippen molar-refractivity contribution >= 4 is 17.2 Å². The van der Waals surface area contributed by atoms with Gasteiger partial charge in [-0.15, -0.1) is 11.3 Å². The number of amides is 1. The molecule has 1 aliphatic heterocycles. The van der Waals surface area contributed by atoms with Crippen LogP contribution in [0.4, 0.5) is 13.2 Å². The molecule has 7 heteroatoms. The molecular formula is C14H17F3N2OS. The predicted octanol–water partition coefficient (Wildman–Crippen LogP) is 3.44. The van der Waals surface area contributed by atoms with Gasteiger partial charge in [0.1, 0.15) is 11.7 Å². The van der Waals surface area contributed by atoms with Gasteiger partial charge in [0.05, 0.1) is 5.54 Å². The number of hydrogen-bond donors (Lipinski definition) is 1. The molecule has 2 heterocycles. The number of carbonyl (C=O) groups excluding carboxylic acids is 1. The van der Waals surface area contributed by atoms with Crippen LogP contribution < -0.4 is 5.32 Å². The van der Waals surface area contributed by atoms with Crippen LogP contribution in [0.1, 0.15) is 44.2 Å². The van der Waals surface area contributed by atoms with Crippen molar-refractivity contribution in [1.82, 2.24) is 10.2 Å². The lowest BCUT2D eigenvalue weighted by atomic mass is 9.98. The molecule has 0 radical (unpaired) electrons. The Morgan fingerprint density at radius 1 is 1.48 bits per heavy atom. The van der Waals surface area contributed by atoms with Gasteiger partial charge in [-0.05, 0) is 37.6 Å². The molecule has 1 aromatic rings. The summed E-state index contributed by atoms with van der Waals surface area (Å²) in [4.78, 5) is 14.5. The van der Waals surface area contributed by atoms with Crippen LogP contribution in [0.5, 0.6) is 0 Å². The molecule has 1 amide bonds. The Hall–Kier alpha value is -1.08. The van der Waals surface area contributed by atoms with Crippen LogP contribution >= 0.6 is 11.3 Å². The molecule has 21 heavy (non-hydrogen) atoms. The summed E-state index contributed by atoms with van der Waals surface area (Å²) < 4.78 is 40.4. The Bertz CT molecular complexity index is 553. The van der Waals surface area contributed by atoms with Gasteiger partial charge >= 0.3 is 6.18 Å². The number of thiophene rings is 1. The number of carbonyl (C=O) groups is 1. The molecule has 0 aromatic carbocycles. The highest BCUT2D eigenvalue weighted by Crippen LogP contribution is 2.58. The van der Waals surface area contributed by atoms with E-state index in [0.717, 1.165) is 9.78 Å². The second kappa shape index (κ2) is 4.46. The van der Waals surface area contributed by atoms with Crippen molar-refractivity contribution in [2.75, 3.05) is 0 Å². The second-order valence-corrected chi connectivity index (χ2v) is 6.93. The summed E-state index contributed by atoms with van der Waals surface area (Å²) in [5.41, 5.74) is -2.92. The van der Waals surface area contributed by atoms with E-state index in [2.05, 4.69) is 5.32 Å². The third-order valence-electron chi connectivity index (χ3n) is 4.64. The normalized spacial score (nSPS) is 31.8. The third-order valence-corrected chi connectivity index (χ3v) is 5.56. The highest BCUT2D eigenvalue weighted by molar-refractivity contribution is 7.10. The second-order valence-electron chi connectivity index (χ2n) is 5.95. The molecule has 3 nitrogen and oxygen atoms in total. The van der Waals surface area contributed by atoms with Crippen LogP contribution in [0, 0.1) is 0 Å². The molecule has 1 N–H and O–H groups in total. The highest BCUT2D eigenvalue weighted by atomic mass is 32.1. The summed E-state index contributed by atoms with van der Waals surface area (Å²) in [5, 5.41) is 4.94. The zero-order valence-electron chi connectivity index (χ0n) is 11.8. The maximum absolute atomic E-state index is 13.5. The van der Waals surface area contributed by atoms with Gasteiger partial charge in [-0.2, -0.15) is 13.2 Å². The van der Waals surface area contributed by atoms with Crippen molar-refractivity contribution in [3.05, 3.63) is 22.4 Å². The maximum atomic E-state index is 13.5. The standard InChI is InChI=1S/C14H17F3N2OS/c1-3-12(2)11(20)19(13(6-7-13)14(15,16)17)10(18-12)9-5-4-8-21-9/h4-5,8,10,18H,3,6-7H2,1-2H3. The van der Waals surface area contributed by atoms with Crippen LogP contribution in [0.3, 0.4) is 0 Å². The zero-order chi connectivity index (χ0) is 15.5. The molecule has 1 aromatic heterocycles. The van der Waals surface area contributed by atoms with Crippen molar-refractivity contribution in [3.63, 3.8) is 0 Å². The fourth-order valence-electron chi connectivity index (χ4n) is 2.93. The van der Waals surface area contributed by atoms with E-state index in [1.54, 1.807) is 19.1 Å². The van der Waals surface area contributed by atoms with E-state index in [4.69, 9.17) is 0 Å². The lowest BCUT2D eigenvalue weighted by Gasteiger charge is -2.34. The third kappa shape index (κ3) is 2.01. The predicted molar refractivity (Wildman–Crippen MR) is 73.8 cm³/mol. The van der Waals surface area contributed by atoms with E-state index in [-0.39, 0.29) is 12.8 Å². The van der Waals surface area contributed by atoms with Gasteiger partial charge in [0, 0.05) is 4.88 Å². The SMILES string of the molecule is CCC1(C)NC(c2cccs2)N(C2(C(F)(F)F)CC2)C1=O. The fraction of sp³-hybridized carbons (Fsp3) is 0.643.